The number of ether oxygens (including phenoxy) is 1. The molecule has 0 radical (unpaired) electrons. The van der Waals surface area contributed by atoms with Gasteiger partial charge in [0.2, 0.25) is 0 Å². The van der Waals surface area contributed by atoms with Gasteiger partial charge >= 0.3 is 6.03 Å². The Bertz CT molecular complexity index is 711. The highest BCUT2D eigenvalue weighted by atomic mass is 16.5. The monoisotopic (exact) mass is 316 g/mol. The minimum Gasteiger partial charge on any atom is -0.486 e. The van der Waals surface area contributed by atoms with Crippen LogP contribution in [0.1, 0.15) is 25.2 Å². The van der Waals surface area contributed by atoms with E-state index in [2.05, 4.69) is 20.7 Å². The predicted octanol–water partition coefficient (Wildman–Crippen LogP) is 1.09. The first-order valence-corrected chi connectivity index (χ1v) is 7.45. The summed E-state index contributed by atoms with van der Waals surface area (Å²) in [6.45, 7) is 5.17. The van der Waals surface area contributed by atoms with E-state index in [4.69, 9.17) is 4.74 Å². The lowest BCUT2D eigenvalue weighted by atomic mass is 10.1. The number of hydrogen-bond acceptors (Lipinski definition) is 5. The summed E-state index contributed by atoms with van der Waals surface area (Å²) in [7, 11) is 1.68. The molecule has 1 aliphatic rings. The number of aromatic nitrogens is 4. The molecule has 2 aromatic rings. The first kappa shape index (κ1) is 15.3. The van der Waals surface area contributed by atoms with Crippen molar-refractivity contribution in [1.29, 1.82) is 0 Å². The summed E-state index contributed by atoms with van der Waals surface area (Å²) in [5.41, 5.74) is 0.528. The summed E-state index contributed by atoms with van der Waals surface area (Å²) in [6.07, 6.45) is 0. The maximum atomic E-state index is 12.5. The number of rotatable bonds is 2. The largest absolute Gasteiger partial charge is 0.486 e. The molecule has 8 heteroatoms. The van der Waals surface area contributed by atoms with Gasteiger partial charge in [-0.05, 0) is 25.1 Å². The number of urea groups is 1. The van der Waals surface area contributed by atoms with Gasteiger partial charge in [0.1, 0.15) is 11.4 Å². The average Bonchev–Trinajstić information content (AvgIpc) is 2.84. The zero-order valence-corrected chi connectivity index (χ0v) is 13.5. The van der Waals surface area contributed by atoms with Gasteiger partial charge in [0.15, 0.2) is 5.82 Å². The Morgan fingerprint density at radius 1 is 1.39 bits per heavy atom. The van der Waals surface area contributed by atoms with E-state index in [1.165, 1.54) is 4.80 Å². The molecule has 8 nitrogen and oxygen atoms in total. The molecule has 0 atom stereocenters. The molecule has 2 heterocycles. The first-order valence-electron chi connectivity index (χ1n) is 7.45. The number of nitrogens with one attached hydrogen (secondary N) is 1. The van der Waals surface area contributed by atoms with Gasteiger partial charge in [0, 0.05) is 5.56 Å². The zero-order valence-electron chi connectivity index (χ0n) is 13.5. The fraction of sp³-hybridized carbons (Fsp3) is 0.467. The molecule has 1 aromatic heterocycles. The zero-order chi connectivity index (χ0) is 16.4. The SMILES string of the molecule is Cn1nnc(CNC(=O)N2Cc3ccccc3OC(C)(C)C2)n1. The summed E-state index contributed by atoms with van der Waals surface area (Å²) in [6, 6.07) is 7.61. The van der Waals surface area contributed by atoms with Crippen LogP contribution >= 0.6 is 0 Å². The van der Waals surface area contributed by atoms with Gasteiger partial charge in [0.05, 0.1) is 26.7 Å². The molecule has 1 N–H and O–H groups in total. The van der Waals surface area contributed by atoms with Crippen LogP contribution in [0.25, 0.3) is 0 Å². The number of hydrogen-bond donors (Lipinski definition) is 1. The van der Waals surface area contributed by atoms with Crippen molar-refractivity contribution >= 4 is 6.03 Å². The highest BCUT2D eigenvalue weighted by Crippen LogP contribution is 2.29. The molecular formula is C15H20N6O2. The number of aryl methyl sites for hydroxylation is 1. The van der Waals surface area contributed by atoms with Gasteiger partial charge in [-0.2, -0.15) is 4.80 Å². The number of amides is 2. The molecule has 0 fully saturated rings. The van der Waals surface area contributed by atoms with E-state index in [1.807, 2.05) is 38.1 Å². The van der Waals surface area contributed by atoms with E-state index in [-0.39, 0.29) is 12.6 Å². The van der Waals surface area contributed by atoms with Crippen LogP contribution in [0.3, 0.4) is 0 Å². The standard InChI is InChI=1S/C15H20N6O2/c1-15(2)10-21(9-11-6-4-5-7-12(11)23-15)14(22)16-8-13-17-19-20(3)18-13/h4-7H,8-10H2,1-3H3,(H,16,22). The summed E-state index contributed by atoms with van der Waals surface area (Å²) < 4.78 is 6.03. The van der Waals surface area contributed by atoms with Crippen molar-refractivity contribution in [3.8, 4) is 5.75 Å². The Balaban J connectivity index is 1.72. The van der Waals surface area contributed by atoms with Crippen LogP contribution in [0.2, 0.25) is 0 Å². The van der Waals surface area contributed by atoms with Gasteiger partial charge in [0.25, 0.3) is 0 Å². The smallest absolute Gasteiger partial charge is 0.318 e. The van der Waals surface area contributed by atoms with E-state index < -0.39 is 5.60 Å². The second-order valence-electron chi connectivity index (χ2n) is 6.18. The van der Waals surface area contributed by atoms with Crippen LogP contribution < -0.4 is 10.1 Å². The molecule has 0 unspecified atom stereocenters. The topological polar surface area (TPSA) is 85.2 Å². The first-order chi connectivity index (χ1) is 10.9. The highest BCUT2D eigenvalue weighted by Gasteiger charge is 2.31. The number of para-hydroxylation sites is 1. The summed E-state index contributed by atoms with van der Waals surface area (Å²) in [5.74, 6) is 1.30. The lowest BCUT2D eigenvalue weighted by molar-refractivity contribution is 0.0806. The van der Waals surface area contributed by atoms with Crippen LogP contribution in [0.15, 0.2) is 24.3 Å². The van der Waals surface area contributed by atoms with Gasteiger partial charge in [-0.1, -0.05) is 18.2 Å². The molecule has 0 spiro atoms. The second-order valence-corrected chi connectivity index (χ2v) is 6.18. The maximum absolute atomic E-state index is 12.5. The third kappa shape index (κ3) is 3.58. The number of nitrogens with zero attached hydrogens (tertiary/aromatic N) is 5. The number of benzene rings is 1. The van der Waals surface area contributed by atoms with Crippen LogP contribution in [0.4, 0.5) is 4.79 Å². The molecule has 3 rings (SSSR count). The highest BCUT2D eigenvalue weighted by molar-refractivity contribution is 5.74. The van der Waals surface area contributed by atoms with Gasteiger partial charge < -0.3 is 15.0 Å². The minimum absolute atomic E-state index is 0.175. The van der Waals surface area contributed by atoms with E-state index in [0.29, 0.717) is 18.9 Å². The van der Waals surface area contributed by atoms with Crippen LogP contribution in [0.5, 0.6) is 5.75 Å². The fourth-order valence-electron chi connectivity index (χ4n) is 2.59. The van der Waals surface area contributed by atoms with E-state index in [0.717, 1.165) is 11.3 Å². The number of carbonyl (C=O) groups excluding carboxylic acids is 1. The maximum Gasteiger partial charge on any atom is 0.318 e. The Hall–Kier alpha value is -2.64. The van der Waals surface area contributed by atoms with Crippen molar-refractivity contribution in [2.24, 2.45) is 7.05 Å². The second kappa shape index (κ2) is 5.86. The molecular weight excluding hydrogens is 296 g/mol. The summed E-state index contributed by atoms with van der Waals surface area (Å²) in [4.78, 5) is 15.6. The van der Waals surface area contributed by atoms with E-state index >= 15 is 0 Å². The molecule has 0 bridgehead atoms. The van der Waals surface area contributed by atoms with Gasteiger partial charge in [-0.15, -0.1) is 10.2 Å². The van der Waals surface area contributed by atoms with Crippen LogP contribution in [0, 0.1) is 0 Å². The Labute approximate surface area is 134 Å². The molecule has 0 saturated carbocycles. The van der Waals surface area contributed by atoms with Crippen LogP contribution in [-0.2, 0) is 20.1 Å². The molecule has 0 saturated heterocycles. The summed E-state index contributed by atoms with van der Waals surface area (Å²) in [5, 5.41) is 14.5. The molecule has 122 valence electrons. The number of carbonyl (C=O) groups is 1. The third-order valence-corrected chi connectivity index (χ3v) is 3.53. The predicted molar refractivity (Wildman–Crippen MR) is 82.6 cm³/mol. The molecule has 1 aliphatic heterocycles. The van der Waals surface area contributed by atoms with Crippen molar-refractivity contribution in [2.45, 2.75) is 32.5 Å². The third-order valence-electron chi connectivity index (χ3n) is 3.53. The van der Waals surface area contributed by atoms with Crippen LogP contribution in [-0.4, -0.2) is 43.3 Å². The fourth-order valence-corrected chi connectivity index (χ4v) is 2.59. The van der Waals surface area contributed by atoms with E-state index in [9.17, 15) is 4.79 Å². The lowest BCUT2D eigenvalue weighted by Crippen LogP contribution is -2.47. The average molecular weight is 316 g/mol. The number of tetrazole rings is 1. The van der Waals surface area contributed by atoms with Crippen molar-refractivity contribution in [3.63, 3.8) is 0 Å². The van der Waals surface area contributed by atoms with Crippen molar-refractivity contribution < 1.29 is 9.53 Å². The Morgan fingerprint density at radius 3 is 2.91 bits per heavy atom. The van der Waals surface area contributed by atoms with Crippen molar-refractivity contribution in [2.75, 3.05) is 6.54 Å². The molecule has 2 amide bonds. The molecule has 1 aromatic carbocycles. The Kier molecular flexibility index (Phi) is 3.89. The Morgan fingerprint density at radius 2 is 2.17 bits per heavy atom. The molecule has 0 aliphatic carbocycles. The lowest BCUT2D eigenvalue weighted by Gasteiger charge is -2.29. The normalized spacial score (nSPS) is 16.2. The molecule has 23 heavy (non-hydrogen) atoms. The number of fused-ring (bicyclic) bond motifs is 1. The quantitative estimate of drug-likeness (QED) is 0.896. The van der Waals surface area contributed by atoms with Gasteiger partial charge in [-0.3, -0.25) is 0 Å². The summed E-state index contributed by atoms with van der Waals surface area (Å²) >= 11 is 0. The minimum atomic E-state index is -0.464. The van der Waals surface area contributed by atoms with Crippen molar-refractivity contribution in [1.82, 2.24) is 30.4 Å². The van der Waals surface area contributed by atoms with Gasteiger partial charge in [-0.25, -0.2) is 4.79 Å². The van der Waals surface area contributed by atoms with E-state index in [1.54, 1.807) is 11.9 Å². The van der Waals surface area contributed by atoms with Crippen molar-refractivity contribution in [3.05, 3.63) is 35.7 Å².